The molecule has 1 aromatic carbocycles. The molecule has 2 rings (SSSR count). The molecule has 1 saturated heterocycles. The average Bonchev–Trinajstić information content (AvgIpc) is 2.87. The van der Waals surface area contributed by atoms with Gasteiger partial charge >= 0.3 is 0 Å². The van der Waals surface area contributed by atoms with Crippen LogP contribution in [0.1, 0.15) is 31.7 Å². The molecule has 2 N–H and O–H groups in total. The summed E-state index contributed by atoms with van der Waals surface area (Å²) in [7, 11) is 0. The van der Waals surface area contributed by atoms with E-state index in [1.54, 1.807) is 0 Å². The fraction of sp³-hybridized carbons (Fsp3) is 0.500. The molecular formula is C14H19BrN2O. The Kier molecular flexibility index (Phi) is 4.40. The number of carbonyl (C=O) groups is 1. The molecule has 0 radical (unpaired) electrons. The third-order valence-electron chi connectivity index (χ3n) is 3.68. The Morgan fingerprint density at radius 3 is 2.89 bits per heavy atom. The molecule has 1 heterocycles. The Labute approximate surface area is 116 Å². The highest BCUT2D eigenvalue weighted by Crippen LogP contribution is 2.23. The normalized spacial score (nSPS) is 23.0. The van der Waals surface area contributed by atoms with Gasteiger partial charge in [-0.3, -0.25) is 4.79 Å². The van der Waals surface area contributed by atoms with Gasteiger partial charge in [0, 0.05) is 11.0 Å². The zero-order valence-electron chi connectivity index (χ0n) is 10.6. The zero-order chi connectivity index (χ0) is 13.0. The van der Waals surface area contributed by atoms with Crippen LogP contribution in [0, 0.1) is 0 Å². The molecule has 18 heavy (non-hydrogen) atoms. The molecule has 0 bridgehead atoms. The van der Waals surface area contributed by atoms with Crippen molar-refractivity contribution in [1.29, 1.82) is 0 Å². The lowest BCUT2D eigenvalue weighted by molar-refractivity contribution is -0.127. The molecule has 1 aliphatic heterocycles. The molecule has 0 saturated carbocycles. The van der Waals surface area contributed by atoms with Crippen molar-refractivity contribution in [2.24, 2.45) is 0 Å². The first kappa shape index (κ1) is 13.6. The Hall–Kier alpha value is -0.870. The van der Waals surface area contributed by atoms with Crippen molar-refractivity contribution in [1.82, 2.24) is 10.6 Å². The lowest BCUT2D eigenvalue weighted by Gasteiger charge is -2.26. The zero-order valence-corrected chi connectivity index (χ0v) is 12.2. The van der Waals surface area contributed by atoms with Crippen molar-refractivity contribution in [2.75, 3.05) is 6.54 Å². The van der Waals surface area contributed by atoms with Crippen molar-refractivity contribution >= 4 is 21.8 Å². The smallest absolute Gasteiger partial charge is 0.240 e. The highest BCUT2D eigenvalue weighted by Gasteiger charge is 2.38. The molecular weight excluding hydrogens is 292 g/mol. The first-order valence-corrected chi connectivity index (χ1v) is 7.24. The van der Waals surface area contributed by atoms with Crippen molar-refractivity contribution in [3.05, 3.63) is 34.3 Å². The SMILES string of the molecule is CCC1(C(=O)NCc2ccccc2Br)CCCN1. The first-order chi connectivity index (χ1) is 8.68. The van der Waals surface area contributed by atoms with Gasteiger partial charge in [-0.05, 0) is 37.4 Å². The fourth-order valence-corrected chi connectivity index (χ4v) is 2.87. The van der Waals surface area contributed by atoms with Crippen LogP contribution in [-0.2, 0) is 11.3 Å². The number of rotatable bonds is 4. The maximum absolute atomic E-state index is 12.3. The van der Waals surface area contributed by atoms with Gasteiger partial charge in [0.2, 0.25) is 5.91 Å². The van der Waals surface area contributed by atoms with E-state index in [2.05, 4.69) is 33.5 Å². The van der Waals surface area contributed by atoms with E-state index in [1.165, 1.54) is 0 Å². The topological polar surface area (TPSA) is 41.1 Å². The molecule has 0 spiro atoms. The number of benzene rings is 1. The van der Waals surface area contributed by atoms with Crippen LogP contribution in [-0.4, -0.2) is 18.0 Å². The lowest BCUT2D eigenvalue weighted by atomic mass is 9.93. The molecule has 1 aliphatic rings. The maximum Gasteiger partial charge on any atom is 0.240 e. The standard InChI is InChI=1S/C14H19BrN2O/c1-2-14(8-5-9-17-14)13(18)16-10-11-6-3-4-7-12(11)15/h3-4,6-7,17H,2,5,8-10H2,1H3,(H,16,18). The van der Waals surface area contributed by atoms with Crippen LogP contribution in [0.25, 0.3) is 0 Å². The number of hydrogen-bond acceptors (Lipinski definition) is 2. The van der Waals surface area contributed by atoms with Gasteiger partial charge in [0.1, 0.15) is 0 Å². The number of carbonyl (C=O) groups excluding carboxylic acids is 1. The second-order valence-electron chi connectivity index (χ2n) is 4.74. The summed E-state index contributed by atoms with van der Waals surface area (Å²) in [6.45, 7) is 3.58. The average molecular weight is 311 g/mol. The van der Waals surface area contributed by atoms with Crippen LogP contribution < -0.4 is 10.6 Å². The summed E-state index contributed by atoms with van der Waals surface area (Å²) in [5.41, 5.74) is 0.761. The maximum atomic E-state index is 12.3. The van der Waals surface area contributed by atoms with E-state index < -0.39 is 0 Å². The minimum Gasteiger partial charge on any atom is -0.350 e. The summed E-state index contributed by atoms with van der Waals surface area (Å²) >= 11 is 3.49. The molecule has 1 unspecified atom stereocenters. The van der Waals surface area contributed by atoms with Gasteiger partial charge in [0.05, 0.1) is 5.54 Å². The van der Waals surface area contributed by atoms with E-state index >= 15 is 0 Å². The Morgan fingerprint density at radius 1 is 1.50 bits per heavy atom. The molecule has 0 aromatic heterocycles. The van der Waals surface area contributed by atoms with Gasteiger partial charge in [-0.15, -0.1) is 0 Å². The summed E-state index contributed by atoms with van der Waals surface area (Å²) in [5.74, 6) is 0.123. The van der Waals surface area contributed by atoms with Crippen molar-refractivity contribution in [3.63, 3.8) is 0 Å². The Morgan fingerprint density at radius 2 is 2.28 bits per heavy atom. The highest BCUT2D eigenvalue weighted by atomic mass is 79.9. The second-order valence-corrected chi connectivity index (χ2v) is 5.59. The number of hydrogen-bond donors (Lipinski definition) is 2. The highest BCUT2D eigenvalue weighted by molar-refractivity contribution is 9.10. The van der Waals surface area contributed by atoms with Gasteiger partial charge in [0.25, 0.3) is 0 Å². The number of amides is 1. The van der Waals surface area contributed by atoms with Gasteiger partial charge < -0.3 is 10.6 Å². The molecule has 1 aromatic rings. The summed E-state index contributed by atoms with van der Waals surface area (Å²) in [6.07, 6.45) is 2.86. The van der Waals surface area contributed by atoms with Crippen molar-refractivity contribution in [2.45, 2.75) is 38.3 Å². The van der Waals surface area contributed by atoms with E-state index in [1.807, 2.05) is 24.3 Å². The monoisotopic (exact) mass is 310 g/mol. The minimum absolute atomic E-state index is 0.123. The molecule has 1 atom stereocenters. The van der Waals surface area contributed by atoms with Gasteiger partial charge in [-0.25, -0.2) is 0 Å². The Balaban J connectivity index is 1.98. The molecule has 1 amide bonds. The van der Waals surface area contributed by atoms with E-state index in [0.29, 0.717) is 6.54 Å². The molecule has 98 valence electrons. The predicted molar refractivity (Wildman–Crippen MR) is 76.2 cm³/mol. The molecule has 3 nitrogen and oxygen atoms in total. The minimum atomic E-state index is -0.346. The van der Waals surface area contributed by atoms with Gasteiger partial charge in [-0.1, -0.05) is 41.1 Å². The van der Waals surface area contributed by atoms with Crippen molar-refractivity contribution in [3.8, 4) is 0 Å². The first-order valence-electron chi connectivity index (χ1n) is 6.45. The van der Waals surface area contributed by atoms with Gasteiger partial charge in [0.15, 0.2) is 0 Å². The molecule has 4 heteroatoms. The van der Waals surface area contributed by atoms with E-state index in [0.717, 1.165) is 35.8 Å². The molecule has 1 fully saturated rings. The Bertz CT molecular complexity index is 428. The second kappa shape index (κ2) is 5.85. The van der Waals surface area contributed by atoms with E-state index in [-0.39, 0.29) is 11.4 Å². The van der Waals surface area contributed by atoms with Crippen LogP contribution in [0.15, 0.2) is 28.7 Å². The third kappa shape index (κ3) is 2.75. The summed E-state index contributed by atoms with van der Waals surface area (Å²) < 4.78 is 1.04. The van der Waals surface area contributed by atoms with Gasteiger partial charge in [-0.2, -0.15) is 0 Å². The van der Waals surface area contributed by atoms with Crippen LogP contribution in [0.4, 0.5) is 0 Å². The third-order valence-corrected chi connectivity index (χ3v) is 4.45. The van der Waals surface area contributed by atoms with Crippen molar-refractivity contribution < 1.29 is 4.79 Å². The molecule has 0 aliphatic carbocycles. The van der Waals surface area contributed by atoms with Crippen LogP contribution in [0.2, 0.25) is 0 Å². The van der Waals surface area contributed by atoms with E-state index in [9.17, 15) is 4.79 Å². The number of halogens is 1. The summed E-state index contributed by atoms with van der Waals surface area (Å²) in [5, 5.41) is 6.39. The summed E-state index contributed by atoms with van der Waals surface area (Å²) in [6, 6.07) is 7.97. The number of nitrogens with one attached hydrogen (secondary N) is 2. The van der Waals surface area contributed by atoms with Crippen LogP contribution >= 0.6 is 15.9 Å². The fourth-order valence-electron chi connectivity index (χ4n) is 2.45. The predicted octanol–water partition coefficient (Wildman–Crippen LogP) is 2.60. The largest absolute Gasteiger partial charge is 0.350 e. The van der Waals surface area contributed by atoms with Crippen LogP contribution in [0.3, 0.4) is 0 Å². The quantitative estimate of drug-likeness (QED) is 0.897. The van der Waals surface area contributed by atoms with E-state index in [4.69, 9.17) is 0 Å². The lowest BCUT2D eigenvalue weighted by Crippen LogP contribution is -2.52. The van der Waals surface area contributed by atoms with Crippen LogP contribution in [0.5, 0.6) is 0 Å². The summed E-state index contributed by atoms with van der Waals surface area (Å²) in [4.78, 5) is 12.3.